The second-order valence-corrected chi connectivity index (χ2v) is 10.4. The lowest BCUT2D eigenvalue weighted by Gasteiger charge is -2.17. The van der Waals surface area contributed by atoms with Crippen LogP contribution in [0.3, 0.4) is 0 Å². The fourth-order valence-electron chi connectivity index (χ4n) is 2.68. The van der Waals surface area contributed by atoms with Gasteiger partial charge in [0.1, 0.15) is 0 Å². The molecular formula is C24H32O10Si2. The van der Waals surface area contributed by atoms with Gasteiger partial charge in [-0.3, -0.25) is 0 Å². The van der Waals surface area contributed by atoms with Gasteiger partial charge in [0.05, 0.1) is 24.3 Å². The van der Waals surface area contributed by atoms with E-state index in [1.165, 1.54) is 12.1 Å². The highest BCUT2D eigenvalue weighted by Crippen LogP contribution is 2.16. The first-order valence-corrected chi connectivity index (χ1v) is 14.5. The molecule has 0 aliphatic rings. The quantitative estimate of drug-likeness (QED) is 0.119. The van der Waals surface area contributed by atoms with Gasteiger partial charge in [-0.25, -0.2) is 19.2 Å². The van der Waals surface area contributed by atoms with Gasteiger partial charge in [0.25, 0.3) is 0 Å². The molecule has 0 N–H and O–H groups in total. The zero-order valence-corrected chi connectivity index (χ0v) is 22.6. The summed E-state index contributed by atoms with van der Waals surface area (Å²) in [5, 5.41) is 0. The summed E-state index contributed by atoms with van der Waals surface area (Å²) in [4.78, 5) is 48.1. The van der Waals surface area contributed by atoms with E-state index in [0.29, 0.717) is 38.1 Å². The predicted molar refractivity (Wildman–Crippen MR) is 133 cm³/mol. The molecule has 0 spiro atoms. The predicted octanol–water partition coefficient (Wildman–Crippen LogP) is 3.29. The van der Waals surface area contributed by atoms with E-state index in [2.05, 4.69) is 13.2 Å². The monoisotopic (exact) mass is 536 g/mol. The van der Waals surface area contributed by atoms with Crippen molar-refractivity contribution in [3.8, 4) is 0 Å². The van der Waals surface area contributed by atoms with Gasteiger partial charge in [0.15, 0.2) is 0 Å². The van der Waals surface area contributed by atoms with Gasteiger partial charge in [0, 0.05) is 37.5 Å². The molecule has 196 valence electrons. The molecule has 1 rings (SSSR count). The Hall–Kier alpha value is -3.07. The maximum Gasteiger partial charge on any atom is 0.460 e. The van der Waals surface area contributed by atoms with Crippen molar-refractivity contribution in [1.29, 1.82) is 0 Å². The average molecular weight is 537 g/mol. The topological polar surface area (TPSA) is 124 Å². The highest BCUT2D eigenvalue weighted by molar-refractivity contribution is 6.48. The van der Waals surface area contributed by atoms with E-state index in [-0.39, 0.29) is 24.3 Å². The van der Waals surface area contributed by atoms with E-state index in [9.17, 15) is 19.2 Å². The standard InChI is InChI=1S/C24H32O10Si2/c1-5-21(25)29-15-11-17-35(31-7-3)33-23(27)19-13-9-10-14-20(19)24(28)34-36(32-8-4)18-12-16-30-22(26)6-2/h5-6,9-10,13-14H,1-2,7-8,11-12,15-18H2,3-4H3. The molecule has 0 unspecified atom stereocenters. The molecule has 1 aromatic rings. The second-order valence-electron chi connectivity index (χ2n) is 6.89. The van der Waals surface area contributed by atoms with Crippen LogP contribution in [0.2, 0.25) is 12.1 Å². The number of benzene rings is 1. The molecule has 0 aliphatic carbocycles. The summed E-state index contributed by atoms with van der Waals surface area (Å²) in [5.41, 5.74) is 0.0844. The van der Waals surface area contributed by atoms with Crippen LogP contribution in [0.4, 0.5) is 0 Å². The van der Waals surface area contributed by atoms with Gasteiger partial charge in [-0.05, 0) is 38.8 Å². The van der Waals surface area contributed by atoms with Crippen LogP contribution in [0, 0.1) is 0 Å². The van der Waals surface area contributed by atoms with Crippen LogP contribution in [-0.2, 0) is 36.8 Å². The fraction of sp³-hybridized carbons (Fsp3) is 0.417. The van der Waals surface area contributed by atoms with E-state index in [4.69, 9.17) is 27.2 Å². The van der Waals surface area contributed by atoms with Gasteiger partial charge in [-0.15, -0.1) is 0 Å². The highest BCUT2D eigenvalue weighted by Gasteiger charge is 2.28. The minimum absolute atomic E-state index is 0.0422. The van der Waals surface area contributed by atoms with Crippen molar-refractivity contribution in [3.05, 3.63) is 60.7 Å². The van der Waals surface area contributed by atoms with Crippen molar-refractivity contribution in [2.45, 2.75) is 38.8 Å². The van der Waals surface area contributed by atoms with Crippen molar-refractivity contribution >= 4 is 42.4 Å². The maximum absolute atomic E-state index is 12.9. The third-order valence-corrected chi connectivity index (χ3v) is 7.83. The lowest BCUT2D eigenvalue weighted by Crippen LogP contribution is -2.30. The maximum atomic E-state index is 12.9. The second kappa shape index (κ2) is 18.2. The molecule has 0 bridgehead atoms. The lowest BCUT2D eigenvalue weighted by atomic mass is 10.1. The molecule has 0 atom stereocenters. The largest absolute Gasteiger partial charge is 0.488 e. The molecular weight excluding hydrogens is 504 g/mol. The van der Waals surface area contributed by atoms with Crippen molar-refractivity contribution in [2.75, 3.05) is 26.4 Å². The van der Waals surface area contributed by atoms with E-state index in [1.54, 1.807) is 26.0 Å². The molecule has 0 aromatic heterocycles. The smallest absolute Gasteiger partial charge is 0.460 e. The minimum Gasteiger partial charge on any atom is -0.488 e. The number of hydrogen-bond donors (Lipinski definition) is 0. The number of carbonyl (C=O) groups excluding carboxylic acids is 4. The zero-order valence-electron chi connectivity index (χ0n) is 20.6. The Labute approximate surface area is 214 Å². The summed E-state index contributed by atoms with van der Waals surface area (Å²) >= 11 is 0. The molecule has 0 aliphatic heterocycles. The van der Waals surface area contributed by atoms with Crippen LogP contribution in [0.1, 0.15) is 47.4 Å². The third-order valence-electron chi connectivity index (χ3n) is 4.26. The first-order valence-electron chi connectivity index (χ1n) is 11.4. The van der Waals surface area contributed by atoms with Gasteiger partial charge < -0.3 is 27.2 Å². The third kappa shape index (κ3) is 12.1. The van der Waals surface area contributed by atoms with Crippen molar-refractivity contribution in [3.63, 3.8) is 0 Å². The molecule has 12 heteroatoms. The number of carbonyl (C=O) groups is 4. The zero-order chi connectivity index (χ0) is 26.8. The Bertz CT molecular complexity index is 818. The van der Waals surface area contributed by atoms with Crippen molar-refractivity contribution in [2.24, 2.45) is 0 Å². The van der Waals surface area contributed by atoms with E-state index in [0.717, 1.165) is 12.2 Å². The number of ether oxygens (including phenoxy) is 2. The molecule has 0 heterocycles. The first kappa shape index (κ1) is 31.0. The SMILES string of the molecule is C=CC(=O)OCCC[Si](OCC)OC(=O)c1ccccc1C(=O)O[Si](CCCOC(=O)C=C)OCC. The highest BCUT2D eigenvalue weighted by atomic mass is 28.3. The summed E-state index contributed by atoms with van der Waals surface area (Å²) in [6.07, 6.45) is 3.01. The van der Waals surface area contributed by atoms with Gasteiger partial charge in [0.2, 0.25) is 0 Å². The minimum atomic E-state index is -2.03. The van der Waals surface area contributed by atoms with E-state index < -0.39 is 42.4 Å². The van der Waals surface area contributed by atoms with Gasteiger partial charge >= 0.3 is 42.4 Å². The normalized spacial score (nSPS) is 10.6. The molecule has 2 radical (unpaired) electrons. The lowest BCUT2D eigenvalue weighted by molar-refractivity contribution is -0.138. The average Bonchev–Trinajstić information content (AvgIpc) is 2.88. The van der Waals surface area contributed by atoms with Crippen LogP contribution < -0.4 is 0 Å². The number of rotatable bonds is 18. The first-order chi connectivity index (χ1) is 17.4. The Kier molecular flexibility index (Phi) is 15.7. The Morgan fingerprint density at radius 2 is 1.14 bits per heavy atom. The van der Waals surface area contributed by atoms with Crippen molar-refractivity contribution in [1.82, 2.24) is 0 Å². The summed E-state index contributed by atoms with van der Waals surface area (Å²) in [6.45, 7) is 11.2. The number of hydrogen-bond acceptors (Lipinski definition) is 10. The van der Waals surface area contributed by atoms with Crippen LogP contribution in [0.25, 0.3) is 0 Å². The fourth-order valence-corrected chi connectivity index (χ4v) is 5.43. The Morgan fingerprint density at radius 1 is 0.750 bits per heavy atom. The van der Waals surface area contributed by atoms with Crippen LogP contribution in [0.15, 0.2) is 49.6 Å². The Morgan fingerprint density at radius 3 is 1.47 bits per heavy atom. The van der Waals surface area contributed by atoms with E-state index >= 15 is 0 Å². The molecule has 0 fully saturated rings. The summed E-state index contributed by atoms with van der Waals surface area (Å²) in [5.74, 6) is -2.49. The van der Waals surface area contributed by atoms with Crippen LogP contribution >= 0.6 is 0 Å². The summed E-state index contributed by atoms with van der Waals surface area (Å²) < 4.78 is 32.1. The molecule has 0 saturated heterocycles. The summed E-state index contributed by atoms with van der Waals surface area (Å²) in [6, 6.07) is 6.93. The molecule has 10 nitrogen and oxygen atoms in total. The van der Waals surface area contributed by atoms with Crippen LogP contribution in [-0.4, -0.2) is 68.9 Å². The number of esters is 2. The molecule has 1 aromatic carbocycles. The van der Waals surface area contributed by atoms with Crippen molar-refractivity contribution < 1.29 is 46.4 Å². The molecule has 0 amide bonds. The molecule has 36 heavy (non-hydrogen) atoms. The van der Waals surface area contributed by atoms with Gasteiger partial charge in [-0.1, -0.05) is 25.3 Å². The molecule has 0 saturated carbocycles. The van der Waals surface area contributed by atoms with E-state index in [1.807, 2.05) is 0 Å². The van der Waals surface area contributed by atoms with Crippen LogP contribution in [0.5, 0.6) is 0 Å². The summed E-state index contributed by atoms with van der Waals surface area (Å²) in [7, 11) is -4.06. The van der Waals surface area contributed by atoms with Gasteiger partial charge in [-0.2, -0.15) is 0 Å². The Balaban J connectivity index is 2.79.